The molecule has 1 aliphatic carbocycles. The molecule has 36 heavy (non-hydrogen) atoms. The lowest BCUT2D eigenvalue weighted by molar-refractivity contribution is -0.133. The standard InChI is InChI=1S/C25H27N5O6/c1-13-19(25(33)29-15-6-7-30(8-15)18(32)9-31)21-23(28-13)22(27-11-26-21)20-16(34-10-14-2-3-14)4-5-17-24(20)36-12-35-17/h4-5,11,14-15,28,31H,2-3,6-10,12H2,1H3,(H,29,33)/t15-/m1/s1. The fraction of sp³-hybridized carbons (Fsp3) is 0.440. The molecule has 6 rings (SSSR count). The molecule has 2 aliphatic heterocycles. The lowest BCUT2D eigenvalue weighted by Crippen LogP contribution is -2.39. The van der Waals surface area contributed by atoms with Crippen LogP contribution in [-0.2, 0) is 4.79 Å². The zero-order valence-electron chi connectivity index (χ0n) is 19.9. The summed E-state index contributed by atoms with van der Waals surface area (Å²) in [4.78, 5) is 38.9. The number of carbonyl (C=O) groups excluding carboxylic acids is 2. The largest absolute Gasteiger partial charge is 0.492 e. The summed E-state index contributed by atoms with van der Waals surface area (Å²) >= 11 is 0. The van der Waals surface area contributed by atoms with Crippen LogP contribution >= 0.6 is 0 Å². The van der Waals surface area contributed by atoms with Gasteiger partial charge in [-0.25, -0.2) is 9.97 Å². The van der Waals surface area contributed by atoms with Gasteiger partial charge in [0.15, 0.2) is 11.5 Å². The first-order valence-electron chi connectivity index (χ1n) is 12.1. The maximum atomic E-state index is 13.3. The van der Waals surface area contributed by atoms with Crippen molar-refractivity contribution in [3.8, 4) is 28.5 Å². The Kier molecular flexibility index (Phi) is 5.63. The second-order valence-electron chi connectivity index (χ2n) is 9.45. The second-order valence-corrected chi connectivity index (χ2v) is 9.45. The molecule has 4 heterocycles. The number of aryl methyl sites for hydroxylation is 1. The van der Waals surface area contributed by atoms with E-state index in [1.807, 2.05) is 19.1 Å². The summed E-state index contributed by atoms with van der Waals surface area (Å²) in [5.74, 6) is 1.75. The average molecular weight is 494 g/mol. The lowest BCUT2D eigenvalue weighted by atomic mass is 10.1. The molecule has 1 saturated carbocycles. The van der Waals surface area contributed by atoms with Crippen LogP contribution in [0.3, 0.4) is 0 Å². The Morgan fingerprint density at radius 1 is 1.25 bits per heavy atom. The molecule has 0 spiro atoms. The number of nitrogens with one attached hydrogen (secondary N) is 2. The highest BCUT2D eigenvalue weighted by atomic mass is 16.7. The van der Waals surface area contributed by atoms with Crippen LogP contribution in [0.25, 0.3) is 22.3 Å². The van der Waals surface area contributed by atoms with Crippen molar-refractivity contribution in [2.75, 3.05) is 33.1 Å². The summed E-state index contributed by atoms with van der Waals surface area (Å²) in [7, 11) is 0. The number of rotatable bonds is 7. The minimum absolute atomic E-state index is 0.108. The number of aliphatic hydroxyl groups excluding tert-OH is 1. The molecule has 11 nitrogen and oxygen atoms in total. The van der Waals surface area contributed by atoms with E-state index in [1.54, 1.807) is 4.90 Å². The summed E-state index contributed by atoms with van der Waals surface area (Å²) in [5, 5.41) is 12.1. The number of ether oxygens (including phenoxy) is 3. The van der Waals surface area contributed by atoms with Crippen LogP contribution in [-0.4, -0.2) is 75.9 Å². The highest BCUT2D eigenvalue weighted by molar-refractivity contribution is 6.09. The van der Waals surface area contributed by atoms with E-state index in [9.17, 15) is 9.59 Å². The molecule has 0 radical (unpaired) electrons. The number of likely N-dealkylation sites (tertiary alicyclic amines) is 1. The van der Waals surface area contributed by atoms with Crippen LogP contribution in [0.4, 0.5) is 0 Å². The van der Waals surface area contributed by atoms with Gasteiger partial charge in [0.2, 0.25) is 12.7 Å². The number of nitrogens with zero attached hydrogens (tertiary/aromatic N) is 3. The van der Waals surface area contributed by atoms with Crippen LogP contribution in [0.2, 0.25) is 0 Å². The van der Waals surface area contributed by atoms with Gasteiger partial charge in [0.1, 0.15) is 29.9 Å². The maximum Gasteiger partial charge on any atom is 0.255 e. The van der Waals surface area contributed by atoms with Crippen molar-refractivity contribution in [3.63, 3.8) is 0 Å². The fourth-order valence-electron chi connectivity index (χ4n) is 4.84. The molecule has 2 fully saturated rings. The number of aromatic nitrogens is 3. The van der Waals surface area contributed by atoms with Gasteiger partial charge in [0, 0.05) is 24.8 Å². The van der Waals surface area contributed by atoms with Crippen molar-refractivity contribution in [3.05, 3.63) is 29.7 Å². The van der Waals surface area contributed by atoms with Gasteiger partial charge >= 0.3 is 0 Å². The fourth-order valence-corrected chi connectivity index (χ4v) is 4.84. The zero-order valence-corrected chi connectivity index (χ0v) is 19.9. The predicted octanol–water partition coefficient (Wildman–Crippen LogP) is 1.77. The summed E-state index contributed by atoms with van der Waals surface area (Å²) in [5.41, 5.74) is 3.39. The molecule has 3 aliphatic rings. The Balaban J connectivity index is 1.35. The van der Waals surface area contributed by atoms with E-state index in [0.717, 1.165) is 0 Å². The zero-order chi connectivity index (χ0) is 24.8. The van der Waals surface area contributed by atoms with Gasteiger partial charge in [-0.1, -0.05) is 0 Å². The minimum atomic E-state index is -0.535. The smallest absolute Gasteiger partial charge is 0.255 e. The third-order valence-electron chi connectivity index (χ3n) is 6.92. The molecule has 0 bridgehead atoms. The van der Waals surface area contributed by atoms with Gasteiger partial charge in [-0.3, -0.25) is 9.59 Å². The van der Waals surface area contributed by atoms with Gasteiger partial charge in [-0.2, -0.15) is 0 Å². The molecule has 11 heteroatoms. The monoisotopic (exact) mass is 493 g/mol. The molecule has 1 aromatic carbocycles. The summed E-state index contributed by atoms with van der Waals surface area (Å²) < 4.78 is 17.6. The van der Waals surface area contributed by atoms with Crippen LogP contribution in [0, 0.1) is 12.8 Å². The Hall–Kier alpha value is -3.86. The Bertz CT molecular complexity index is 1350. The molecule has 1 saturated heterocycles. The SMILES string of the molecule is Cc1[nH]c2c(-c3c(OCC4CC4)ccc4c3OCO4)ncnc2c1C(=O)N[C@@H]1CCN(C(=O)CO)C1. The van der Waals surface area contributed by atoms with Crippen molar-refractivity contribution in [1.82, 2.24) is 25.2 Å². The molecular formula is C25H27N5O6. The number of H-pyrrole nitrogens is 1. The number of aliphatic hydroxyl groups is 1. The van der Waals surface area contributed by atoms with E-state index < -0.39 is 6.61 Å². The quantitative estimate of drug-likeness (QED) is 0.453. The summed E-state index contributed by atoms with van der Waals surface area (Å²) in [6.07, 6.45) is 4.38. The molecule has 3 N–H and O–H groups in total. The number of aromatic amines is 1. The minimum Gasteiger partial charge on any atom is -0.492 e. The van der Waals surface area contributed by atoms with Gasteiger partial charge in [-0.15, -0.1) is 0 Å². The lowest BCUT2D eigenvalue weighted by Gasteiger charge is -2.16. The Labute approximate surface area is 206 Å². The van der Waals surface area contributed by atoms with Gasteiger partial charge in [0.05, 0.1) is 23.3 Å². The molecule has 188 valence electrons. The first kappa shape index (κ1) is 22.6. The van der Waals surface area contributed by atoms with E-state index in [4.69, 9.17) is 19.3 Å². The predicted molar refractivity (Wildman–Crippen MR) is 128 cm³/mol. The first-order valence-corrected chi connectivity index (χ1v) is 12.1. The van der Waals surface area contributed by atoms with Crippen molar-refractivity contribution >= 4 is 22.8 Å². The molecule has 2 aromatic heterocycles. The van der Waals surface area contributed by atoms with Crippen LogP contribution in [0.1, 0.15) is 35.3 Å². The van der Waals surface area contributed by atoms with Crippen LogP contribution in [0.15, 0.2) is 18.5 Å². The number of amides is 2. The van der Waals surface area contributed by atoms with E-state index >= 15 is 0 Å². The first-order chi connectivity index (χ1) is 17.5. The number of hydrogen-bond acceptors (Lipinski definition) is 8. The van der Waals surface area contributed by atoms with E-state index in [2.05, 4.69) is 20.3 Å². The Morgan fingerprint density at radius 3 is 2.92 bits per heavy atom. The maximum absolute atomic E-state index is 13.3. The average Bonchev–Trinajstić information content (AvgIpc) is 3.24. The van der Waals surface area contributed by atoms with Crippen LogP contribution < -0.4 is 19.5 Å². The van der Waals surface area contributed by atoms with Gasteiger partial charge < -0.3 is 34.5 Å². The van der Waals surface area contributed by atoms with E-state index in [-0.39, 0.29) is 24.6 Å². The number of carbonyl (C=O) groups is 2. The van der Waals surface area contributed by atoms with Crippen molar-refractivity contribution < 1.29 is 28.9 Å². The third kappa shape index (κ3) is 3.98. The van der Waals surface area contributed by atoms with E-state index in [1.165, 1.54) is 19.2 Å². The molecular weight excluding hydrogens is 466 g/mol. The highest BCUT2D eigenvalue weighted by Crippen LogP contribution is 2.48. The summed E-state index contributed by atoms with van der Waals surface area (Å²) in [6.45, 7) is 2.87. The number of fused-ring (bicyclic) bond motifs is 2. The number of hydrogen-bond donors (Lipinski definition) is 3. The highest BCUT2D eigenvalue weighted by Gasteiger charge is 2.31. The second kappa shape index (κ2) is 8.98. The van der Waals surface area contributed by atoms with Crippen molar-refractivity contribution in [1.29, 1.82) is 0 Å². The van der Waals surface area contributed by atoms with E-state index in [0.29, 0.717) is 82.8 Å². The molecule has 1 atom stereocenters. The molecule has 0 unspecified atom stereocenters. The van der Waals surface area contributed by atoms with Gasteiger partial charge in [0.25, 0.3) is 5.91 Å². The Morgan fingerprint density at radius 2 is 2.11 bits per heavy atom. The normalized spacial score (nSPS) is 18.6. The van der Waals surface area contributed by atoms with Gasteiger partial charge in [-0.05, 0) is 44.2 Å². The summed E-state index contributed by atoms with van der Waals surface area (Å²) in [6, 6.07) is 3.49. The molecule has 2 amide bonds. The topological polar surface area (TPSA) is 139 Å². The van der Waals surface area contributed by atoms with Crippen LogP contribution in [0.5, 0.6) is 17.2 Å². The van der Waals surface area contributed by atoms with Crippen molar-refractivity contribution in [2.45, 2.75) is 32.2 Å². The molecule has 3 aromatic rings. The third-order valence-corrected chi connectivity index (χ3v) is 6.92. The number of benzene rings is 1. The van der Waals surface area contributed by atoms with Crippen molar-refractivity contribution in [2.24, 2.45) is 5.92 Å².